The molecule has 162 valence electrons. The molecule has 30 heavy (non-hydrogen) atoms. The van der Waals surface area contributed by atoms with E-state index in [1.165, 1.54) is 5.56 Å². The number of piperazine rings is 1. The Hall–Kier alpha value is -1.98. The summed E-state index contributed by atoms with van der Waals surface area (Å²) in [6, 6.07) is 14.5. The number of aliphatic carboxylic acids is 2. The van der Waals surface area contributed by atoms with Gasteiger partial charge in [-0.2, -0.15) is 4.31 Å². The van der Waals surface area contributed by atoms with Crippen LogP contribution in [-0.4, -0.2) is 66.0 Å². The molecule has 0 amide bonds. The number of sulfonamides is 1. The van der Waals surface area contributed by atoms with Gasteiger partial charge < -0.3 is 10.2 Å². The summed E-state index contributed by atoms with van der Waals surface area (Å²) in [5.74, 6) is -3.65. The van der Waals surface area contributed by atoms with Gasteiger partial charge in [-0.15, -0.1) is 0 Å². The van der Waals surface area contributed by atoms with Crippen LogP contribution in [0, 0.1) is 0 Å². The van der Waals surface area contributed by atoms with Gasteiger partial charge in [0.2, 0.25) is 10.0 Å². The Morgan fingerprint density at radius 3 is 2.03 bits per heavy atom. The summed E-state index contributed by atoms with van der Waals surface area (Å²) in [5, 5.41) is 15.3. The third kappa shape index (κ3) is 7.06. The molecule has 0 saturated carbocycles. The van der Waals surface area contributed by atoms with Crippen LogP contribution in [0.4, 0.5) is 0 Å². The molecule has 0 bridgehead atoms. The van der Waals surface area contributed by atoms with Crippen molar-refractivity contribution in [3.63, 3.8) is 0 Å². The summed E-state index contributed by atoms with van der Waals surface area (Å²) in [7, 11) is -3.44. The van der Waals surface area contributed by atoms with Crippen molar-refractivity contribution in [2.45, 2.75) is 11.4 Å². The predicted octanol–water partition coefficient (Wildman–Crippen LogP) is 2.76. The average Bonchev–Trinajstić information content (AvgIpc) is 2.69. The lowest BCUT2D eigenvalue weighted by atomic mass is 10.2. The van der Waals surface area contributed by atoms with Crippen LogP contribution in [0.2, 0.25) is 5.02 Å². The van der Waals surface area contributed by atoms with Crippen LogP contribution in [0.5, 0.6) is 0 Å². The molecular weight excluding hydrogens is 500 g/mol. The molecule has 11 heteroatoms. The number of rotatable bonds is 4. The number of carboxylic acids is 2. The Morgan fingerprint density at radius 2 is 1.53 bits per heavy atom. The Balaban J connectivity index is 0.000000469. The summed E-state index contributed by atoms with van der Waals surface area (Å²) in [4.78, 5) is 20.8. The number of carboxylic acid groups (broad SMARTS) is 2. The molecule has 0 atom stereocenters. The van der Waals surface area contributed by atoms with Crippen LogP contribution >= 0.6 is 27.5 Å². The number of benzene rings is 2. The van der Waals surface area contributed by atoms with Crippen molar-refractivity contribution in [1.29, 1.82) is 0 Å². The van der Waals surface area contributed by atoms with E-state index in [0.717, 1.165) is 24.1 Å². The van der Waals surface area contributed by atoms with Crippen LogP contribution in [0.25, 0.3) is 0 Å². The lowest BCUT2D eigenvalue weighted by molar-refractivity contribution is -0.159. The van der Waals surface area contributed by atoms with Gasteiger partial charge in [0.15, 0.2) is 0 Å². The van der Waals surface area contributed by atoms with Gasteiger partial charge in [0.25, 0.3) is 0 Å². The Kier molecular flexibility index (Phi) is 8.80. The van der Waals surface area contributed by atoms with Crippen molar-refractivity contribution in [3.8, 4) is 0 Å². The molecule has 2 aromatic rings. The highest BCUT2D eigenvalue weighted by Gasteiger charge is 2.28. The Morgan fingerprint density at radius 1 is 0.967 bits per heavy atom. The van der Waals surface area contributed by atoms with Crippen molar-refractivity contribution >= 4 is 49.5 Å². The van der Waals surface area contributed by atoms with Crippen molar-refractivity contribution in [1.82, 2.24) is 9.21 Å². The zero-order valence-corrected chi connectivity index (χ0v) is 18.9. The minimum absolute atomic E-state index is 0.298. The first kappa shape index (κ1) is 24.3. The molecule has 1 saturated heterocycles. The van der Waals surface area contributed by atoms with E-state index in [9.17, 15) is 8.42 Å². The van der Waals surface area contributed by atoms with Gasteiger partial charge in [0.1, 0.15) is 0 Å². The zero-order chi connectivity index (χ0) is 22.3. The second-order valence-corrected chi connectivity index (χ2v) is 9.66. The molecule has 1 aliphatic rings. The maximum absolute atomic E-state index is 12.7. The molecule has 0 aromatic heterocycles. The van der Waals surface area contributed by atoms with Crippen molar-refractivity contribution in [2.24, 2.45) is 0 Å². The van der Waals surface area contributed by atoms with E-state index in [1.807, 2.05) is 12.1 Å². The smallest absolute Gasteiger partial charge is 0.414 e. The van der Waals surface area contributed by atoms with Gasteiger partial charge in [0, 0.05) is 42.2 Å². The number of nitrogens with zero attached hydrogens (tertiary/aromatic N) is 2. The molecule has 0 spiro atoms. The standard InChI is InChI=1S/C17H18BrClN2O2S.C2H2O4/c18-15-3-1-2-14(12-15)13-20-8-10-21(11-9-20)24(22,23)17-6-4-16(19)5-7-17;3-1(4)2(5)6/h1-7,12H,8-11,13H2;(H,3,4)(H,5,6). The summed E-state index contributed by atoms with van der Waals surface area (Å²) in [6.07, 6.45) is 0. The molecule has 8 nitrogen and oxygen atoms in total. The van der Waals surface area contributed by atoms with E-state index in [1.54, 1.807) is 28.6 Å². The normalized spacial score (nSPS) is 15.1. The monoisotopic (exact) mass is 518 g/mol. The number of hydrogen-bond donors (Lipinski definition) is 2. The first-order valence-electron chi connectivity index (χ1n) is 8.78. The van der Waals surface area contributed by atoms with Crippen molar-refractivity contribution in [3.05, 3.63) is 63.6 Å². The predicted molar refractivity (Wildman–Crippen MR) is 115 cm³/mol. The third-order valence-corrected chi connectivity index (χ3v) is 6.92. The highest BCUT2D eigenvalue weighted by Crippen LogP contribution is 2.21. The Bertz CT molecular complexity index is 980. The van der Waals surface area contributed by atoms with Crippen LogP contribution in [-0.2, 0) is 26.2 Å². The number of halogens is 2. The van der Waals surface area contributed by atoms with Crippen molar-refractivity contribution in [2.75, 3.05) is 26.2 Å². The van der Waals surface area contributed by atoms with E-state index in [-0.39, 0.29) is 0 Å². The van der Waals surface area contributed by atoms with E-state index >= 15 is 0 Å². The molecule has 0 unspecified atom stereocenters. The molecule has 0 radical (unpaired) electrons. The van der Waals surface area contributed by atoms with E-state index < -0.39 is 22.0 Å². The lowest BCUT2D eigenvalue weighted by Gasteiger charge is -2.34. The molecule has 1 heterocycles. The summed E-state index contributed by atoms with van der Waals surface area (Å²) in [5.41, 5.74) is 1.22. The van der Waals surface area contributed by atoms with Crippen LogP contribution in [0.15, 0.2) is 57.9 Å². The largest absolute Gasteiger partial charge is 0.473 e. The molecule has 2 aromatic carbocycles. The highest BCUT2D eigenvalue weighted by molar-refractivity contribution is 9.10. The first-order chi connectivity index (χ1) is 14.1. The fourth-order valence-electron chi connectivity index (χ4n) is 2.78. The Labute approximate surface area is 187 Å². The second kappa shape index (κ2) is 10.9. The summed E-state index contributed by atoms with van der Waals surface area (Å²) < 4.78 is 27.9. The number of hydrogen-bond acceptors (Lipinski definition) is 5. The highest BCUT2D eigenvalue weighted by atomic mass is 79.9. The summed E-state index contributed by atoms with van der Waals surface area (Å²) in [6.45, 7) is 3.27. The molecule has 1 fully saturated rings. The van der Waals surface area contributed by atoms with Crippen LogP contribution < -0.4 is 0 Å². The summed E-state index contributed by atoms with van der Waals surface area (Å²) >= 11 is 9.31. The minimum atomic E-state index is -3.44. The topological polar surface area (TPSA) is 115 Å². The SMILES string of the molecule is O=C(O)C(=O)O.O=S(=O)(c1ccc(Cl)cc1)N1CCN(Cc2cccc(Br)c2)CC1. The van der Waals surface area contributed by atoms with Crippen molar-refractivity contribution < 1.29 is 28.2 Å². The number of carbonyl (C=O) groups is 2. The van der Waals surface area contributed by atoms with Crippen LogP contribution in [0.3, 0.4) is 0 Å². The first-order valence-corrected chi connectivity index (χ1v) is 11.4. The maximum atomic E-state index is 12.7. The lowest BCUT2D eigenvalue weighted by Crippen LogP contribution is -2.48. The zero-order valence-electron chi connectivity index (χ0n) is 15.7. The minimum Gasteiger partial charge on any atom is -0.473 e. The second-order valence-electron chi connectivity index (χ2n) is 6.37. The van der Waals surface area contributed by atoms with Gasteiger partial charge in [-0.25, -0.2) is 18.0 Å². The molecule has 2 N–H and O–H groups in total. The van der Waals surface area contributed by atoms with Gasteiger partial charge in [-0.3, -0.25) is 4.90 Å². The molecular formula is C19H20BrClN2O6S. The fraction of sp³-hybridized carbons (Fsp3) is 0.263. The van der Waals surface area contributed by atoms with Gasteiger partial charge in [-0.1, -0.05) is 39.7 Å². The van der Waals surface area contributed by atoms with Gasteiger partial charge in [0.05, 0.1) is 4.90 Å². The van der Waals surface area contributed by atoms with E-state index in [2.05, 4.69) is 33.0 Å². The van der Waals surface area contributed by atoms with Crippen LogP contribution in [0.1, 0.15) is 5.56 Å². The third-order valence-electron chi connectivity index (χ3n) is 4.26. The fourth-order valence-corrected chi connectivity index (χ4v) is 4.77. The molecule has 1 aliphatic heterocycles. The maximum Gasteiger partial charge on any atom is 0.414 e. The average molecular weight is 520 g/mol. The van der Waals surface area contributed by atoms with Gasteiger partial charge >= 0.3 is 11.9 Å². The van der Waals surface area contributed by atoms with E-state index in [4.69, 9.17) is 31.4 Å². The quantitative estimate of drug-likeness (QED) is 0.597. The van der Waals surface area contributed by atoms with Gasteiger partial charge in [-0.05, 0) is 42.0 Å². The molecule has 0 aliphatic carbocycles. The molecule has 3 rings (SSSR count). The van der Waals surface area contributed by atoms with E-state index in [0.29, 0.717) is 23.0 Å².